The van der Waals surface area contributed by atoms with Gasteiger partial charge in [0.2, 0.25) is 17.8 Å². The number of carbonyl (C=O) groups excluding carboxylic acids is 2. The summed E-state index contributed by atoms with van der Waals surface area (Å²) in [4.78, 5) is 29.0. The van der Waals surface area contributed by atoms with E-state index in [0.29, 0.717) is 5.95 Å². The first-order valence-electron chi connectivity index (χ1n) is 7.76. The summed E-state index contributed by atoms with van der Waals surface area (Å²) >= 11 is 0. The zero-order valence-corrected chi connectivity index (χ0v) is 13.1. The lowest BCUT2D eigenvalue weighted by atomic mass is 10.1. The molecule has 0 saturated carbocycles. The quantitative estimate of drug-likeness (QED) is 0.779. The molecule has 3 aromatic rings. The molecule has 120 valence electrons. The maximum absolute atomic E-state index is 12.3. The second-order valence-corrected chi connectivity index (χ2v) is 5.92. The second-order valence-electron chi connectivity index (χ2n) is 5.92. The normalized spacial score (nSPS) is 16.0. The van der Waals surface area contributed by atoms with Gasteiger partial charge in [0.05, 0.1) is 17.5 Å². The highest BCUT2D eigenvalue weighted by atomic mass is 16.2. The third kappa shape index (κ3) is 2.42. The molecule has 1 aliphatic rings. The zero-order chi connectivity index (χ0) is 16.7. The maximum Gasteiger partial charge on any atom is 0.250 e. The van der Waals surface area contributed by atoms with Crippen LogP contribution >= 0.6 is 0 Å². The Bertz CT molecular complexity index is 943. The standard InChI is InChI=1S/C18H16N4O2/c1-11-6-8-12(9-7-11)19-16(23)10-15-17(24)21-18-20-13-4-2-3-5-14(13)22(15)18/h2-9,15H,10H2,1H3,(H,19,23)(H,20,21,24)/t15-/m0/s1. The van der Waals surface area contributed by atoms with Crippen molar-refractivity contribution in [3.8, 4) is 0 Å². The highest BCUT2D eigenvalue weighted by Gasteiger charge is 2.34. The van der Waals surface area contributed by atoms with Gasteiger partial charge in [-0.3, -0.25) is 19.5 Å². The molecule has 0 radical (unpaired) electrons. The number of para-hydroxylation sites is 2. The third-order valence-electron chi connectivity index (χ3n) is 4.16. The molecular formula is C18H16N4O2. The molecule has 0 aliphatic carbocycles. The highest BCUT2D eigenvalue weighted by molar-refractivity contribution is 6.03. The molecule has 24 heavy (non-hydrogen) atoms. The van der Waals surface area contributed by atoms with E-state index in [0.717, 1.165) is 22.3 Å². The Hall–Kier alpha value is -3.15. The van der Waals surface area contributed by atoms with Crippen LogP contribution in [-0.2, 0) is 9.59 Å². The average molecular weight is 320 g/mol. The zero-order valence-electron chi connectivity index (χ0n) is 13.1. The number of hydrogen-bond donors (Lipinski definition) is 2. The van der Waals surface area contributed by atoms with E-state index >= 15 is 0 Å². The number of hydrogen-bond acceptors (Lipinski definition) is 3. The summed E-state index contributed by atoms with van der Waals surface area (Å²) in [5.74, 6) is 0.0845. The van der Waals surface area contributed by atoms with Crippen LogP contribution in [0.1, 0.15) is 18.0 Å². The van der Waals surface area contributed by atoms with E-state index in [2.05, 4.69) is 15.6 Å². The fourth-order valence-electron chi connectivity index (χ4n) is 2.97. The van der Waals surface area contributed by atoms with Crippen molar-refractivity contribution < 1.29 is 9.59 Å². The van der Waals surface area contributed by atoms with Crippen LogP contribution in [0, 0.1) is 6.92 Å². The molecule has 2 amide bonds. The molecule has 4 rings (SSSR count). The molecule has 0 unspecified atom stereocenters. The van der Waals surface area contributed by atoms with E-state index in [1.165, 1.54) is 0 Å². The Labute approximate surface area is 138 Å². The van der Waals surface area contributed by atoms with Crippen LogP contribution < -0.4 is 10.6 Å². The number of amides is 2. The maximum atomic E-state index is 12.3. The Morgan fingerprint density at radius 1 is 1.21 bits per heavy atom. The number of fused-ring (bicyclic) bond motifs is 3. The van der Waals surface area contributed by atoms with Gasteiger partial charge in [0.25, 0.3) is 0 Å². The summed E-state index contributed by atoms with van der Waals surface area (Å²) < 4.78 is 1.80. The number of benzene rings is 2. The van der Waals surface area contributed by atoms with Gasteiger partial charge in [-0.05, 0) is 31.2 Å². The van der Waals surface area contributed by atoms with E-state index in [4.69, 9.17) is 0 Å². The Morgan fingerprint density at radius 3 is 2.75 bits per heavy atom. The molecular weight excluding hydrogens is 304 g/mol. The minimum atomic E-state index is -0.585. The molecule has 1 aromatic heterocycles. The number of anilines is 2. The van der Waals surface area contributed by atoms with Crippen molar-refractivity contribution >= 4 is 34.5 Å². The Morgan fingerprint density at radius 2 is 1.96 bits per heavy atom. The molecule has 2 N–H and O–H groups in total. The van der Waals surface area contributed by atoms with Crippen LogP contribution in [0.2, 0.25) is 0 Å². The smallest absolute Gasteiger partial charge is 0.250 e. The Balaban J connectivity index is 1.58. The van der Waals surface area contributed by atoms with Gasteiger partial charge >= 0.3 is 0 Å². The van der Waals surface area contributed by atoms with Crippen molar-refractivity contribution in [3.05, 3.63) is 54.1 Å². The van der Waals surface area contributed by atoms with Crippen molar-refractivity contribution in [2.45, 2.75) is 19.4 Å². The van der Waals surface area contributed by atoms with Crippen LogP contribution in [0.4, 0.5) is 11.6 Å². The van der Waals surface area contributed by atoms with Gasteiger partial charge in [0.1, 0.15) is 6.04 Å². The van der Waals surface area contributed by atoms with Crippen molar-refractivity contribution in [2.75, 3.05) is 10.6 Å². The molecule has 1 aliphatic heterocycles. The SMILES string of the molecule is Cc1ccc(NC(=O)C[C@H]2C(=O)Nc3nc4ccccc4n32)cc1. The van der Waals surface area contributed by atoms with Crippen molar-refractivity contribution in [1.82, 2.24) is 9.55 Å². The van der Waals surface area contributed by atoms with Crippen LogP contribution in [0.5, 0.6) is 0 Å². The number of carbonyl (C=O) groups is 2. The molecule has 2 aromatic carbocycles. The molecule has 1 atom stereocenters. The largest absolute Gasteiger partial charge is 0.326 e. The molecule has 0 saturated heterocycles. The molecule has 0 bridgehead atoms. The van der Waals surface area contributed by atoms with E-state index in [9.17, 15) is 9.59 Å². The highest BCUT2D eigenvalue weighted by Crippen LogP contribution is 2.32. The third-order valence-corrected chi connectivity index (χ3v) is 4.16. The number of nitrogens with zero attached hydrogens (tertiary/aromatic N) is 2. The lowest BCUT2D eigenvalue weighted by Gasteiger charge is -2.12. The van der Waals surface area contributed by atoms with Gasteiger partial charge in [-0.25, -0.2) is 4.98 Å². The first kappa shape index (κ1) is 14.4. The van der Waals surface area contributed by atoms with Gasteiger partial charge in [0, 0.05) is 5.69 Å². The molecule has 0 fully saturated rings. The molecule has 6 heteroatoms. The van der Waals surface area contributed by atoms with Crippen molar-refractivity contribution in [1.29, 1.82) is 0 Å². The fraction of sp³-hybridized carbons (Fsp3) is 0.167. The van der Waals surface area contributed by atoms with Gasteiger partial charge < -0.3 is 5.32 Å². The minimum Gasteiger partial charge on any atom is -0.326 e. The van der Waals surface area contributed by atoms with Crippen LogP contribution in [0.15, 0.2) is 48.5 Å². The topological polar surface area (TPSA) is 76.0 Å². The second kappa shape index (κ2) is 5.49. The summed E-state index contributed by atoms with van der Waals surface area (Å²) in [6.45, 7) is 1.99. The van der Waals surface area contributed by atoms with Gasteiger partial charge in [-0.2, -0.15) is 0 Å². The van der Waals surface area contributed by atoms with Crippen LogP contribution in [0.3, 0.4) is 0 Å². The monoisotopic (exact) mass is 320 g/mol. The summed E-state index contributed by atoms with van der Waals surface area (Å²) in [7, 11) is 0. The number of nitrogens with one attached hydrogen (secondary N) is 2. The summed E-state index contributed by atoms with van der Waals surface area (Å²) in [6, 6.07) is 14.5. The summed E-state index contributed by atoms with van der Waals surface area (Å²) in [6.07, 6.45) is 0.0626. The Kier molecular flexibility index (Phi) is 3.30. The molecule has 0 spiro atoms. The number of rotatable bonds is 3. The van der Waals surface area contributed by atoms with Gasteiger partial charge in [-0.15, -0.1) is 0 Å². The summed E-state index contributed by atoms with van der Waals surface area (Å²) in [5, 5.41) is 5.58. The average Bonchev–Trinajstić information content (AvgIpc) is 3.06. The number of aromatic nitrogens is 2. The fourth-order valence-corrected chi connectivity index (χ4v) is 2.97. The summed E-state index contributed by atoms with van der Waals surface area (Å²) in [5.41, 5.74) is 3.49. The lowest BCUT2D eigenvalue weighted by Crippen LogP contribution is -2.23. The van der Waals surface area contributed by atoms with E-state index in [1.807, 2.05) is 55.5 Å². The predicted octanol–water partition coefficient (Wildman–Crippen LogP) is 2.87. The molecule has 6 nitrogen and oxygen atoms in total. The van der Waals surface area contributed by atoms with Crippen molar-refractivity contribution in [3.63, 3.8) is 0 Å². The van der Waals surface area contributed by atoms with Crippen LogP contribution in [-0.4, -0.2) is 21.4 Å². The van der Waals surface area contributed by atoms with Crippen molar-refractivity contribution in [2.24, 2.45) is 0 Å². The van der Waals surface area contributed by atoms with E-state index < -0.39 is 6.04 Å². The van der Waals surface area contributed by atoms with Gasteiger partial charge in [0.15, 0.2) is 0 Å². The molecule has 2 heterocycles. The van der Waals surface area contributed by atoms with E-state index in [-0.39, 0.29) is 18.2 Å². The number of aryl methyl sites for hydroxylation is 1. The van der Waals surface area contributed by atoms with E-state index in [1.54, 1.807) is 4.57 Å². The first-order valence-corrected chi connectivity index (χ1v) is 7.76. The lowest BCUT2D eigenvalue weighted by molar-refractivity contribution is -0.123. The first-order chi connectivity index (χ1) is 11.6. The van der Waals surface area contributed by atoms with Gasteiger partial charge in [-0.1, -0.05) is 29.8 Å². The van der Waals surface area contributed by atoms with Crippen LogP contribution in [0.25, 0.3) is 11.0 Å². The number of imidazole rings is 1. The minimum absolute atomic E-state index is 0.0626. The predicted molar refractivity (Wildman–Crippen MR) is 91.8 cm³/mol.